The molecule has 1 aromatic carbocycles. The van der Waals surface area contributed by atoms with Crippen molar-refractivity contribution in [2.24, 2.45) is 0 Å². The summed E-state index contributed by atoms with van der Waals surface area (Å²) in [5.41, 5.74) is -1.10. The second-order valence-electron chi connectivity index (χ2n) is 9.23. The van der Waals surface area contributed by atoms with Crippen molar-refractivity contribution in [2.45, 2.75) is 32.1 Å². The summed E-state index contributed by atoms with van der Waals surface area (Å²) in [6.45, 7) is 2.78. The van der Waals surface area contributed by atoms with Gasteiger partial charge in [0.15, 0.2) is 0 Å². The lowest BCUT2D eigenvalue weighted by molar-refractivity contribution is -0.137. The highest BCUT2D eigenvalue weighted by atomic mass is 32.2. The van der Waals surface area contributed by atoms with Crippen LogP contribution in [0.25, 0.3) is 0 Å². The van der Waals surface area contributed by atoms with Gasteiger partial charge in [-0.3, -0.25) is 9.10 Å². The van der Waals surface area contributed by atoms with Gasteiger partial charge in [-0.15, -0.1) is 0 Å². The van der Waals surface area contributed by atoms with E-state index in [9.17, 15) is 31.5 Å². The van der Waals surface area contributed by atoms with E-state index in [1.165, 1.54) is 37.5 Å². The zero-order valence-corrected chi connectivity index (χ0v) is 22.4. The maximum Gasteiger partial charge on any atom is 0.421 e. The molecule has 0 unspecified atom stereocenters. The van der Waals surface area contributed by atoms with Crippen LogP contribution in [0.4, 0.5) is 36.4 Å². The Labute approximate surface area is 223 Å². The first-order valence-electron chi connectivity index (χ1n) is 11.5. The number of nitrogens with zero attached hydrogens (tertiary/aromatic N) is 4. The molecule has 11 nitrogen and oxygen atoms in total. The number of aliphatic hydroxyl groups is 1. The Morgan fingerprint density at radius 1 is 1.13 bits per heavy atom. The minimum Gasteiger partial charge on any atom is -0.394 e. The highest BCUT2D eigenvalue weighted by Gasteiger charge is 2.35. The van der Waals surface area contributed by atoms with E-state index >= 15 is 0 Å². The minimum absolute atomic E-state index is 0.0490. The van der Waals surface area contributed by atoms with Crippen LogP contribution >= 0.6 is 0 Å². The number of anilines is 4. The van der Waals surface area contributed by atoms with Crippen LogP contribution in [0.15, 0.2) is 48.8 Å². The highest BCUT2D eigenvalue weighted by molar-refractivity contribution is 7.92. The summed E-state index contributed by atoms with van der Waals surface area (Å²) in [6, 6.07) is 9.19. The number of rotatable bonds is 10. The SMILES string of the molecule is CN(c1ncccc1CNc1nc(Nc2cccc(C(=O)NC(C)(C)CO)c2)ncc1C(F)(F)F)S(C)(=O)=O. The van der Waals surface area contributed by atoms with Gasteiger partial charge in [-0.1, -0.05) is 12.1 Å². The molecule has 0 atom stereocenters. The average Bonchev–Trinajstić information content (AvgIpc) is 2.86. The number of carbonyl (C=O) groups is 1. The lowest BCUT2D eigenvalue weighted by Gasteiger charge is -2.23. The second kappa shape index (κ2) is 11.4. The van der Waals surface area contributed by atoms with Crippen LogP contribution in [-0.4, -0.2) is 59.8 Å². The minimum atomic E-state index is -4.78. The molecule has 0 aliphatic carbocycles. The van der Waals surface area contributed by atoms with Crippen molar-refractivity contribution >= 4 is 39.2 Å². The number of alkyl halides is 3. The molecule has 0 radical (unpaired) electrons. The monoisotopic (exact) mass is 567 g/mol. The zero-order chi connectivity index (χ0) is 29.0. The average molecular weight is 568 g/mol. The maximum absolute atomic E-state index is 13.7. The van der Waals surface area contributed by atoms with Gasteiger partial charge < -0.3 is 21.1 Å². The Morgan fingerprint density at radius 2 is 1.85 bits per heavy atom. The number of amides is 1. The molecule has 2 heterocycles. The molecule has 0 saturated carbocycles. The van der Waals surface area contributed by atoms with E-state index in [2.05, 4.69) is 30.9 Å². The standard InChI is InChI=1S/C24H28F3N7O4S/c1-23(2,14-35)33-21(36)15-7-5-9-17(11-15)31-22-30-13-18(24(25,26)27)19(32-22)29-12-16-8-6-10-28-20(16)34(3)39(4,37)38/h5-11,13,35H,12,14H2,1-4H3,(H,33,36)(H2,29,30,31,32). The summed E-state index contributed by atoms with van der Waals surface area (Å²) >= 11 is 0. The van der Waals surface area contributed by atoms with Gasteiger partial charge in [0.25, 0.3) is 5.91 Å². The van der Waals surface area contributed by atoms with E-state index in [0.29, 0.717) is 17.4 Å². The van der Waals surface area contributed by atoms with Gasteiger partial charge in [0.05, 0.1) is 18.4 Å². The first kappa shape index (κ1) is 29.6. The van der Waals surface area contributed by atoms with E-state index in [-0.39, 0.29) is 30.5 Å². The summed E-state index contributed by atoms with van der Waals surface area (Å²) in [4.78, 5) is 24.3. The second-order valence-corrected chi connectivity index (χ2v) is 11.2. The number of benzene rings is 1. The van der Waals surface area contributed by atoms with Gasteiger partial charge in [0.1, 0.15) is 17.2 Å². The van der Waals surface area contributed by atoms with Gasteiger partial charge >= 0.3 is 6.18 Å². The molecule has 39 heavy (non-hydrogen) atoms. The molecule has 0 aliphatic heterocycles. The number of hydrogen-bond acceptors (Lipinski definition) is 9. The summed E-state index contributed by atoms with van der Waals surface area (Å²) in [6.07, 6.45) is -1.81. The molecule has 3 rings (SSSR count). The van der Waals surface area contributed by atoms with Crippen molar-refractivity contribution in [3.05, 3.63) is 65.5 Å². The Bertz CT molecular complexity index is 1450. The Morgan fingerprint density at radius 3 is 2.49 bits per heavy atom. The number of pyridine rings is 1. The Kier molecular flexibility index (Phi) is 8.65. The molecule has 3 aromatic rings. The van der Waals surface area contributed by atoms with Crippen LogP contribution in [0.5, 0.6) is 0 Å². The number of nitrogens with one attached hydrogen (secondary N) is 3. The van der Waals surface area contributed by atoms with Crippen molar-refractivity contribution in [3.8, 4) is 0 Å². The normalized spacial score (nSPS) is 12.1. The third-order valence-electron chi connectivity index (χ3n) is 5.43. The summed E-state index contributed by atoms with van der Waals surface area (Å²) in [5.74, 6) is -1.14. The van der Waals surface area contributed by atoms with Crippen molar-refractivity contribution in [1.82, 2.24) is 20.3 Å². The maximum atomic E-state index is 13.7. The van der Waals surface area contributed by atoms with Gasteiger partial charge in [-0.25, -0.2) is 18.4 Å². The van der Waals surface area contributed by atoms with Crippen LogP contribution in [0.1, 0.15) is 35.3 Å². The summed E-state index contributed by atoms with van der Waals surface area (Å²) in [7, 11) is -2.38. The predicted molar refractivity (Wildman–Crippen MR) is 140 cm³/mol. The highest BCUT2D eigenvalue weighted by Crippen LogP contribution is 2.34. The molecular weight excluding hydrogens is 539 g/mol. The quantitative estimate of drug-likeness (QED) is 0.290. The van der Waals surface area contributed by atoms with Crippen LogP contribution in [-0.2, 0) is 22.7 Å². The Hall–Kier alpha value is -3.98. The summed E-state index contributed by atoms with van der Waals surface area (Å²) < 4.78 is 66.0. The van der Waals surface area contributed by atoms with Crippen LogP contribution in [0.3, 0.4) is 0 Å². The van der Waals surface area contributed by atoms with Crippen LogP contribution < -0.4 is 20.3 Å². The zero-order valence-electron chi connectivity index (χ0n) is 21.5. The van der Waals surface area contributed by atoms with E-state index in [4.69, 9.17) is 0 Å². The molecule has 4 N–H and O–H groups in total. The molecule has 0 spiro atoms. The third-order valence-corrected chi connectivity index (χ3v) is 6.60. The molecule has 0 bridgehead atoms. The van der Waals surface area contributed by atoms with E-state index in [1.807, 2.05) is 0 Å². The molecular formula is C24H28F3N7O4S. The number of aliphatic hydroxyl groups excluding tert-OH is 1. The molecule has 1 amide bonds. The molecule has 210 valence electrons. The molecule has 0 saturated heterocycles. The van der Waals surface area contributed by atoms with Gasteiger partial charge in [0, 0.05) is 42.8 Å². The first-order chi connectivity index (χ1) is 18.1. The molecule has 15 heteroatoms. The largest absolute Gasteiger partial charge is 0.421 e. The van der Waals surface area contributed by atoms with Crippen molar-refractivity contribution in [2.75, 3.05) is 34.8 Å². The predicted octanol–water partition coefficient (Wildman–Crippen LogP) is 3.14. The lowest BCUT2D eigenvalue weighted by atomic mass is 10.1. The van der Waals surface area contributed by atoms with Crippen molar-refractivity contribution in [3.63, 3.8) is 0 Å². The molecule has 2 aromatic heterocycles. The van der Waals surface area contributed by atoms with Gasteiger partial charge in [-0.05, 0) is 38.1 Å². The molecule has 0 aliphatic rings. The van der Waals surface area contributed by atoms with E-state index in [0.717, 1.165) is 10.6 Å². The molecule has 0 fully saturated rings. The fourth-order valence-electron chi connectivity index (χ4n) is 3.26. The van der Waals surface area contributed by atoms with Crippen LogP contribution in [0, 0.1) is 0 Å². The number of sulfonamides is 1. The Balaban J connectivity index is 1.88. The number of hydrogen-bond donors (Lipinski definition) is 4. The summed E-state index contributed by atoms with van der Waals surface area (Å²) in [5, 5.41) is 17.4. The number of aromatic nitrogens is 3. The topological polar surface area (TPSA) is 149 Å². The number of carbonyl (C=O) groups excluding carboxylic acids is 1. The van der Waals surface area contributed by atoms with Gasteiger partial charge in [-0.2, -0.15) is 18.2 Å². The van der Waals surface area contributed by atoms with E-state index in [1.54, 1.807) is 26.0 Å². The lowest BCUT2D eigenvalue weighted by Crippen LogP contribution is -2.46. The fraction of sp³-hybridized carbons (Fsp3) is 0.333. The van der Waals surface area contributed by atoms with E-state index < -0.39 is 39.0 Å². The van der Waals surface area contributed by atoms with Crippen LogP contribution in [0.2, 0.25) is 0 Å². The smallest absolute Gasteiger partial charge is 0.394 e. The van der Waals surface area contributed by atoms with Crippen molar-refractivity contribution in [1.29, 1.82) is 0 Å². The fourth-order valence-corrected chi connectivity index (χ4v) is 3.74. The first-order valence-corrected chi connectivity index (χ1v) is 13.3. The van der Waals surface area contributed by atoms with Crippen molar-refractivity contribution < 1.29 is 31.5 Å². The third kappa shape index (κ3) is 7.77. The van der Waals surface area contributed by atoms with Gasteiger partial charge in [0.2, 0.25) is 16.0 Å². The number of halogens is 3.